The number of carbonyl (C=O) groups is 2. The second-order valence-corrected chi connectivity index (χ2v) is 8.94. The molecule has 1 saturated heterocycles. The van der Waals surface area contributed by atoms with Crippen molar-refractivity contribution in [1.82, 2.24) is 4.90 Å². The Balaban J connectivity index is 1.84. The highest BCUT2D eigenvalue weighted by molar-refractivity contribution is 6.46. The van der Waals surface area contributed by atoms with Gasteiger partial charge in [0.25, 0.3) is 11.7 Å². The molecule has 7 heteroatoms. The van der Waals surface area contributed by atoms with Crippen molar-refractivity contribution in [1.29, 1.82) is 0 Å². The molecule has 3 aromatic rings. The molecule has 0 aliphatic carbocycles. The maximum absolute atomic E-state index is 13.4. The van der Waals surface area contributed by atoms with Crippen LogP contribution < -0.4 is 14.4 Å². The summed E-state index contributed by atoms with van der Waals surface area (Å²) < 4.78 is 10.5. The van der Waals surface area contributed by atoms with Crippen LogP contribution in [0.2, 0.25) is 0 Å². The highest BCUT2D eigenvalue weighted by Gasteiger charge is 2.46. The lowest BCUT2D eigenvalue weighted by atomic mass is 9.93. The average molecular weight is 487 g/mol. The van der Waals surface area contributed by atoms with E-state index < -0.39 is 17.7 Å². The third-order valence-corrected chi connectivity index (χ3v) is 6.47. The molecule has 7 nitrogen and oxygen atoms in total. The van der Waals surface area contributed by atoms with Gasteiger partial charge in [0.2, 0.25) is 0 Å². The van der Waals surface area contributed by atoms with Gasteiger partial charge in [-0.1, -0.05) is 24.3 Å². The predicted molar refractivity (Wildman–Crippen MR) is 139 cm³/mol. The number of likely N-dealkylation sites (tertiary alicyclic amines) is 1. The number of amides is 1. The Morgan fingerprint density at radius 1 is 0.917 bits per heavy atom. The first-order valence-electron chi connectivity index (χ1n) is 11.6. The van der Waals surface area contributed by atoms with Gasteiger partial charge in [0, 0.05) is 31.9 Å². The molecule has 1 fully saturated rings. The van der Waals surface area contributed by atoms with E-state index in [4.69, 9.17) is 9.47 Å². The third-order valence-electron chi connectivity index (χ3n) is 6.47. The molecule has 4 rings (SSSR count). The summed E-state index contributed by atoms with van der Waals surface area (Å²) in [5.41, 5.74) is 3.84. The Morgan fingerprint density at radius 2 is 1.53 bits per heavy atom. The summed E-state index contributed by atoms with van der Waals surface area (Å²) in [5, 5.41) is 11.4. The number of aliphatic hydroxyl groups is 1. The second-order valence-electron chi connectivity index (χ2n) is 8.94. The number of ether oxygens (including phenoxy) is 2. The fourth-order valence-electron chi connectivity index (χ4n) is 4.45. The van der Waals surface area contributed by atoms with Gasteiger partial charge in [0.1, 0.15) is 17.3 Å². The summed E-state index contributed by atoms with van der Waals surface area (Å²) in [4.78, 5) is 30.1. The fourth-order valence-corrected chi connectivity index (χ4v) is 4.45. The van der Waals surface area contributed by atoms with Crippen molar-refractivity contribution < 1.29 is 24.2 Å². The average Bonchev–Trinajstić information content (AvgIpc) is 3.13. The SMILES string of the molecule is COc1ccc(CN2C(=O)C(=O)/C(=C(\O)c3ccc(OC)cc3C)C2c2ccc(N(C)C)cc2)cc1. The largest absolute Gasteiger partial charge is 0.507 e. The van der Waals surface area contributed by atoms with Gasteiger partial charge in [0.15, 0.2) is 0 Å². The molecule has 36 heavy (non-hydrogen) atoms. The minimum Gasteiger partial charge on any atom is -0.507 e. The van der Waals surface area contributed by atoms with Gasteiger partial charge in [-0.15, -0.1) is 0 Å². The zero-order valence-electron chi connectivity index (χ0n) is 21.1. The van der Waals surface area contributed by atoms with E-state index in [1.807, 2.05) is 74.4 Å². The summed E-state index contributed by atoms with van der Waals surface area (Å²) in [5.74, 6) is -0.225. The normalized spacial score (nSPS) is 16.8. The Bertz CT molecular complexity index is 1310. The minimum absolute atomic E-state index is 0.0689. The highest BCUT2D eigenvalue weighted by atomic mass is 16.5. The molecule has 1 unspecified atom stereocenters. The molecular weight excluding hydrogens is 456 g/mol. The topological polar surface area (TPSA) is 79.3 Å². The van der Waals surface area contributed by atoms with Gasteiger partial charge in [-0.3, -0.25) is 9.59 Å². The molecule has 0 saturated carbocycles. The highest BCUT2D eigenvalue weighted by Crippen LogP contribution is 2.41. The van der Waals surface area contributed by atoms with E-state index in [1.54, 1.807) is 32.4 Å². The summed E-state index contributed by atoms with van der Waals surface area (Å²) in [6.45, 7) is 2.03. The Morgan fingerprint density at radius 3 is 2.08 bits per heavy atom. The maximum atomic E-state index is 13.4. The standard InChI is InChI=1S/C29H30N2O5/c1-18-16-23(36-5)14-15-24(18)27(32)25-26(20-8-10-21(11-9-20)30(2)3)31(29(34)28(25)33)17-19-6-12-22(35-4)13-7-19/h6-16,26,32H,17H2,1-5H3/b27-25-. The number of benzene rings is 3. The van der Waals surface area contributed by atoms with Crippen molar-refractivity contribution in [2.24, 2.45) is 0 Å². The van der Waals surface area contributed by atoms with Crippen molar-refractivity contribution in [3.8, 4) is 11.5 Å². The van der Waals surface area contributed by atoms with Crippen molar-refractivity contribution in [3.63, 3.8) is 0 Å². The van der Waals surface area contributed by atoms with Crippen LogP contribution in [-0.4, -0.2) is 50.0 Å². The van der Waals surface area contributed by atoms with E-state index >= 15 is 0 Å². The number of methoxy groups -OCH3 is 2. The predicted octanol–water partition coefficient (Wildman–Crippen LogP) is 4.70. The van der Waals surface area contributed by atoms with Crippen LogP contribution in [0.1, 0.15) is 28.3 Å². The molecule has 1 heterocycles. The number of aryl methyl sites for hydroxylation is 1. The van der Waals surface area contributed by atoms with Gasteiger partial charge in [-0.05, 0) is 66.1 Å². The molecule has 186 valence electrons. The Hall–Kier alpha value is -4.26. The fraction of sp³-hybridized carbons (Fsp3) is 0.241. The number of rotatable bonds is 7. The van der Waals surface area contributed by atoms with Crippen molar-refractivity contribution in [3.05, 3.63) is 94.6 Å². The van der Waals surface area contributed by atoms with Gasteiger partial charge in [-0.2, -0.15) is 0 Å². The lowest BCUT2D eigenvalue weighted by Crippen LogP contribution is -2.29. The summed E-state index contributed by atoms with van der Waals surface area (Å²) in [7, 11) is 7.04. The van der Waals surface area contributed by atoms with Crippen LogP contribution in [0.15, 0.2) is 72.3 Å². The molecule has 0 radical (unpaired) electrons. The van der Waals surface area contributed by atoms with E-state index in [0.29, 0.717) is 17.1 Å². The Kier molecular flexibility index (Phi) is 7.01. The van der Waals surface area contributed by atoms with Gasteiger partial charge >= 0.3 is 0 Å². The molecule has 0 bridgehead atoms. The number of nitrogens with zero attached hydrogens (tertiary/aromatic N) is 2. The molecule has 1 atom stereocenters. The summed E-state index contributed by atoms with van der Waals surface area (Å²) in [6.07, 6.45) is 0. The number of ketones is 1. The van der Waals surface area contributed by atoms with Crippen LogP contribution in [-0.2, 0) is 16.1 Å². The number of hydrogen-bond acceptors (Lipinski definition) is 6. The van der Waals surface area contributed by atoms with Crippen molar-refractivity contribution in [2.45, 2.75) is 19.5 Å². The second kappa shape index (κ2) is 10.2. The van der Waals surface area contributed by atoms with Crippen LogP contribution in [0.25, 0.3) is 5.76 Å². The number of Topliss-reactive ketones (excluding diaryl/α,β-unsaturated/α-hetero) is 1. The van der Waals surface area contributed by atoms with E-state index in [0.717, 1.165) is 22.4 Å². The number of carbonyl (C=O) groups excluding carboxylic acids is 2. The zero-order chi connectivity index (χ0) is 26.0. The monoisotopic (exact) mass is 486 g/mol. The third kappa shape index (κ3) is 4.64. The van der Waals surface area contributed by atoms with Crippen molar-refractivity contribution in [2.75, 3.05) is 33.2 Å². The maximum Gasteiger partial charge on any atom is 0.295 e. The zero-order valence-corrected chi connectivity index (χ0v) is 21.1. The van der Waals surface area contributed by atoms with Crippen molar-refractivity contribution >= 4 is 23.1 Å². The molecule has 0 aromatic heterocycles. The molecule has 0 spiro atoms. The van der Waals surface area contributed by atoms with Crippen LogP contribution in [0.3, 0.4) is 0 Å². The van der Waals surface area contributed by atoms with E-state index in [-0.39, 0.29) is 17.9 Å². The van der Waals surface area contributed by atoms with Gasteiger partial charge in [0.05, 0.1) is 25.8 Å². The van der Waals surface area contributed by atoms with Gasteiger partial charge < -0.3 is 24.4 Å². The number of hydrogen-bond donors (Lipinski definition) is 1. The lowest BCUT2D eigenvalue weighted by Gasteiger charge is -2.26. The first-order chi connectivity index (χ1) is 17.2. The quantitative estimate of drug-likeness (QED) is 0.296. The molecule has 1 N–H and O–H groups in total. The molecule has 3 aromatic carbocycles. The minimum atomic E-state index is -0.746. The van der Waals surface area contributed by atoms with E-state index in [1.165, 1.54) is 4.90 Å². The number of aliphatic hydroxyl groups excluding tert-OH is 1. The molecular formula is C29H30N2O5. The summed E-state index contributed by atoms with van der Waals surface area (Å²) in [6, 6.07) is 19.4. The van der Waals surface area contributed by atoms with Crippen LogP contribution in [0.5, 0.6) is 11.5 Å². The van der Waals surface area contributed by atoms with E-state index in [9.17, 15) is 14.7 Å². The van der Waals surface area contributed by atoms with Crippen LogP contribution in [0, 0.1) is 6.92 Å². The summed E-state index contributed by atoms with van der Waals surface area (Å²) >= 11 is 0. The van der Waals surface area contributed by atoms with Crippen LogP contribution in [0.4, 0.5) is 5.69 Å². The van der Waals surface area contributed by atoms with Crippen LogP contribution >= 0.6 is 0 Å². The number of anilines is 1. The lowest BCUT2D eigenvalue weighted by molar-refractivity contribution is -0.140. The van der Waals surface area contributed by atoms with E-state index in [2.05, 4.69) is 0 Å². The Labute approximate surface area is 211 Å². The first kappa shape index (κ1) is 24.9. The molecule has 1 aliphatic rings. The molecule has 1 aliphatic heterocycles. The smallest absolute Gasteiger partial charge is 0.295 e. The molecule has 1 amide bonds. The first-order valence-corrected chi connectivity index (χ1v) is 11.6. The van der Waals surface area contributed by atoms with Gasteiger partial charge in [-0.25, -0.2) is 0 Å².